The van der Waals surface area contributed by atoms with Crippen molar-refractivity contribution >= 4 is 0 Å². The van der Waals surface area contributed by atoms with E-state index in [1.54, 1.807) is 0 Å². The van der Waals surface area contributed by atoms with Crippen LogP contribution in [0, 0.1) is 11.3 Å². The number of benzene rings is 1. The zero-order chi connectivity index (χ0) is 14.6. The van der Waals surface area contributed by atoms with Gasteiger partial charge in [-0.3, -0.25) is 0 Å². The second-order valence-corrected chi connectivity index (χ2v) is 7.18. The Morgan fingerprint density at radius 2 is 1.80 bits per heavy atom. The van der Waals surface area contributed by atoms with Gasteiger partial charge in [-0.1, -0.05) is 63.9 Å². The van der Waals surface area contributed by atoms with Gasteiger partial charge >= 0.3 is 0 Å². The summed E-state index contributed by atoms with van der Waals surface area (Å²) in [5.41, 5.74) is 1.52. The third-order valence-corrected chi connectivity index (χ3v) is 4.68. The van der Waals surface area contributed by atoms with Crippen LogP contribution < -0.4 is 5.32 Å². The average molecular weight is 275 g/mol. The molecule has 1 saturated carbocycles. The van der Waals surface area contributed by atoms with Crippen LogP contribution in [0.1, 0.15) is 58.1 Å². The van der Waals surface area contributed by atoms with Crippen LogP contribution in [0.25, 0.3) is 0 Å². The van der Waals surface area contributed by atoms with Crippen LogP contribution in [0.5, 0.6) is 0 Å². The molecule has 0 heterocycles. The van der Waals surface area contributed by atoms with Gasteiger partial charge in [0, 0.05) is 6.04 Å². The van der Waals surface area contributed by atoms with Gasteiger partial charge in [-0.2, -0.15) is 0 Å². The molecule has 2 heteroatoms. The molecule has 0 bridgehead atoms. The highest BCUT2D eigenvalue weighted by Crippen LogP contribution is 2.38. The second kappa shape index (κ2) is 6.73. The summed E-state index contributed by atoms with van der Waals surface area (Å²) in [7, 11) is 0. The summed E-state index contributed by atoms with van der Waals surface area (Å²) in [6, 6.07) is 10.9. The van der Waals surface area contributed by atoms with Crippen molar-refractivity contribution in [2.24, 2.45) is 11.3 Å². The van der Waals surface area contributed by atoms with Gasteiger partial charge in [0.2, 0.25) is 0 Å². The van der Waals surface area contributed by atoms with E-state index in [-0.39, 0.29) is 12.6 Å². The van der Waals surface area contributed by atoms with Gasteiger partial charge < -0.3 is 10.4 Å². The molecule has 0 aliphatic heterocycles. The number of aliphatic hydroxyl groups excluding tert-OH is 1. The van der Waals surface area contributed by atoms with Crippen molar-refractivity contribution in [1.82, 2.24) is 5.32 Å². The summed E-state index contributed by atoms with van der Waals surface area (Å²) in [6.07, 6.45) is 5.17. The summed E-state index contributed by atoms with van der Waals surface area (Å²) in [6.45, 7) is 7.19. The van der Waals surface area contributed by atoms with E-state index in [1.807, 2.05) is 18.2 Å². The maximum Gasteiger partial charge on any atom is 0.0626 e. The van der Waals surface area contributed by atoms with Gasteiger partial charge in [0.05, 0.1) is 12.6 Å². The Kier molecular flexibility index (Phi) is 5.22. The number of aliphatic hydroxyl groups is 1. The average Bonchev–Trinajstić information content (AvgIpc) is 2.45. The maximum atomic E-state index is 9.74. The topological polar surface area (TPSA) is 32.3 Å². The lowest BCUT2D eigenvalue weighted by Crippen LogP contribution is -2.46. The largest absolute Gasteiger partial charge is 0.394 e. The minimum atomic E-state index is 0.0594. The molecule has 0 radical (unpaired) electrons. The van der Waals surface area contributed by atoms with Crippen LogP contribution in [0.2, 0.25) is 0 Å². The Morgan fingerprint density at radius 1 is 1.15 bits per heavy atom. The molecule has 1 aliphatic carbocycles. The molecule has 0 aromatic heterocycles. The van der Waals surface area contributed by atoms with E-state index < -0.39 is 0 Å². The van der Waals surface area contributed by atoms with Crippen molar-refractivity contribution in [3.63, 3.8) is 0 Å². The molecule has 1 aliphatic rings. The molecular formula is C18H29NO. The van der Waals surface area contributed by atoms with E-state index in [4.69, 9.17) is 0 Å². The van der Waals surface area contributed by atoms with E-state index in [9.17, 15) is 5.11 Å². The van der Waals surface area contributed by atoms with Gasteiger partial charge in [-0.05, 0) is 29.7 Å². The molecule has 2 N–H and O–H groups in total. The Morgan fingerprint density at radius 3 is 2.40 bits per heavy atom. The second-order valence-electron chi connectivity index (χ2n) is 7.18. The van der Waals surface area contributed by atoms with E-state index in [1.165, 1.54) is 31.2 Å². The Balaban J connectivity index is 2.09. The first-order valence-electron chi connectivity index (χ1n) is 7.94. The van der Waals surface area contributed by atoms with E-state index in [0.29, 0.717) is 17.4 Å². The lowest BCUT2D eigenvalue weighted by molar-refractivity contribution is 0.111. The predicted molar refractivity (Wildman–Crippen MR) is 84.6 cm³/mol. The maximum absolute atomic E-state index is 9.74. The zero-order valence-corrected chi connectivity index (χ0v) is 13.1. The van der Waals surface area contributed by atoms with Gasteiger partial charge in [-0.25, -0.2) is 0 Å². The van der Waals surface area contributed by atoms with E-state index in [0.717, 1.165) is 0 Å². The molecular weight excluding hydrogens is 246 g/mol. The van der Waals surface area contributed by atoms with Crippen LogP contribution in [-0.2, 0) is 0 Å². The fraction of sp³-hybridized carbons (Fsp3) is 0.667. The molecule has 1 aromatic rings. The summed E-state index contributed by atoms with van der Waals surface area (Å²) in [5, 5.41) is 13.5. The fourth-order valence-corrected chi connectivity index (χ4v) is 3.57. The van der Waals surface area contributed by atoms with E-state index in [2.05, 4.69) is 38.2 Å². The predicted octanol–water partition coefficient (Wildman–Crippen LogP) is 3.91. The summed E-state index contributed by atoms with van der Waals surface area (Å²) in [5.74, 6) is 0.689. The molecule has 0 spiro atoms. The molecule has 0 saturated heterocycles. The lowest BCUT2D eigenvalue weighted by atomic mass is 9.69. The normalized spacial score (nSPS) is 25.4. The molecule has 2 unspecified atom stereocenters. The molecule has 1 fully saturated rings. The minimum Gasteiger partial charge on any atom is -0.394 e. The van der Waals surface area contributed by atoms with Gasteiger partial charge in [0.15, 0.2) is 0 Å². The Bertz CT molecular complexity index is 396. The quantitative estimate of drug-likeness (QED) is 0.873. The molecule has 0 amide bonds. The number of hydrogen-bond acceptors (Lipinski definition) is 2. The highest BCUT2D eigenvalue weighted by molar-refractivity contribution is 5.19. The van der Waals surface area contributed by atoms with Crippen molar-refractivity contribution in [2.75, 3.05) is 6.61 Å². The van der Waals surface area contributed by atoms with Crippen LogP contribution in [-0.4, -0.2) is 17.8 Å². The zero-order valence-electron chi connectivity index (χ0n) is 13.1. The third-order valence-electron chi connectivity index (χ3n) is 4.68. The molecule has 2 rings (SSSR count). The number of rotatable bonds is 4. The Labute approximate surface area is 123 Å². The number of hydrogen-bond donors (Lipinski definition) is 2. The first kappa shape index (κ1) is 15.5. The third kappa shape index (κ3) is 3.83. The van der Waals surface area contributed by atoms with Gasteiger partial charge in [-0.15, -0.1) is 0 Å². The smallest absolute Gasteiger partial charge is 0.0626 e. The summed E-state index contributed by atoms with van der Waals surface area (Å²) in [4.78, 5) is 0. The first-order chi connectivity index (χ1) is 9.52. The minimum absolute atomic E-state index is 0.0594. The van der Waals surface area contributed by atoms with Crippen LogP contribution in [0.3, 0.4) is 0 Å². The van der Waals surface area contributed by atoms with Crippen LogP contribution in [0.15, 0.2) is 30.3 Å². The van der Waals surface area contributed by atoms with Crippen molar-refractivity contribution < 1.29 is 5.11 Å². The highest BCUT2D eigenvalue weighted by atomic mass is 16.3. The van der Waals surface area contributed by atoms with E-state index >= 15 is 0 Å². The fourth-order valence-electron chi connectivity index (χ4n) is 3.57. The van der Waals surface area contributed by atoms with Crippen molar-refractivity contribution in [3.05, 3.63) is 35.9 Å². The molecule has 20 heavy (non-hydrogen) atoms. The molecule has 2 nitrogen and oxygen atoms in total. The van der Waals surface area contributed by atoms with Gasteiger partial charge in [0.25, 0.3) is 0 Å². The summed E-state index contributed by atoms with van der Waals surface area (Å²) < 4.78 is 0. The lowest BCUT2D eigenvalue weighted by Gasteiger charge is -2.42. The standard InChI is InChI=1S/C18H29NO/c1-18(2,3)15-11-7-8-12-16(15)19-17(13-20)14-9-5-4-6-10-14/h4-6,9-10,15-17,19-20H,7-8,11-13H2,1-3H3/t15?,16?,17-/m0/s1. The van der Waals surface area contributed by atoms with Crippen molar-refractivity contribution in [3.8, 4) is 0 Å². The highest BCUT2D eigenvalue weighted by Gasteiger charge is 2.35. The van der Waals surface area contributed by atoms with Crippen LogP contribution in [0.4, 0.5) is 0 Å². The van der Waals surface area contributed by atoms with Crippen molar-refractivity contribution in [2.45, 2.75) is 58.5 Å². The molecule has 3 atom stereocenters. The van der Waals surface area contributed by atoms with Crippen molar-refractivity contribution in [1.29, 1.82) is 0 Å². The monoisotopic (exact) mass is 275 g/mol. The summed E-state index contributed by atoms with van der Waals surface area (Å²) >= 11 is 0. The van der Waals surface area contributed by atoms with Gasteiger partial charge in [0.1, 0.15) is 0 Å². The molecule has 1 aromatic carbocycles. The number of nitrogens with one attached hydrogen (secondary N) is 1. The first-order valence-corrected chi connectivity index (χ1v) is 7.94. The molecule has 112 valence electrons. The van der Waals surface area contributed by atoms with Crippen LogP contribution >= 0.6 is 0 Å². The SMILES string of the molecule is CC(C)(C)C1CCCCC1N[C@@H](CO)c1ccccc1. The Hall–Kier alpha value is -0.860.